The fourth-order valence-electron chi connectivity index (χ4n) is 2.38. The zero-order chi connectivity index (χ0) is 21.6. The predicted octanol–water partition coefficient (Wildman–Crippen LogP) is 5.26. The van der Waals surface area contributed by atoms with Crippen molar-refractivity contribution in [2.24, 2.45) is 0 Å². The molecule has 0 fully saturated rings. The zero-order valence-corrected chi connectivity index (χ0v) is 17.2. The van der Waals surface area contributed by atoms with Gasteiger partial charge in [0.15, 0.2) is 0 Å². The molecule has 0 unspecified atom stereocenters. The Labute approximate surface area is 174 Å². The standard InChI is InChI=1S/C17H18ClN3S.C2HF3O2/c1-21(2)11-12-4-3-5-14(8-12)19-10-13-9-16-15(6-7-22-16)20-17(13)18;3-2(4,5)1(6)7/h3-9,19H,10-11H2,1-2H3;(H,6,7). The lowest BCUT2D eigenvalue weighted by Gasteiger charge is -2.12. The summed E-state index contributed by atoms with van der Waals surface area (Å²) < 4.78 is 32.9. The lowest BCUT2D eigenvalue weighted by molar-refractivity contribution is -0.192. The van der Waals surface area contributed by atoms with Gasteiger partial charge in [0.2, 0.25) is 0 Å². The topological polar surface area (TPSA) is 65.5 Å². The molecule has 2 heterocycles. The molecule has 0 aliphatic rings. The number of hydrogen-bond acceptors (Lipinski definition) is 5. The number of anilines is 1. The first-order chi connectivity index (χ1) is 13.6. The number of aromatic nitrogens is 1. The number of pyridine rings is 1. The molecule has 1 aromatic carbocycles. The van der Waals surface area contributed by atoms with Gasteiger partial charge in [-0.2, -0.15) is 13.2 Å². The molecule has 2 aromatic heterocycles. The van der Waals surface area contributed by atoms with Crippen LogP contribution in [0.25, 0.3) is 10.2 Å². The van der Waals surface area contributed by atoms with E-state index in [4.69, 9.17) is 21.5 Å². The third kappa shape index (κ3) is 7.19. The van der Waals surface area contributed by atoms with E-state index in [0.717, 1.165) is 23.3 Å². The summed E-state index contributed by atoms with van der Waals surface area (Å²) in [7, 11) is 4.14. The van der Waals surface area contributed by atoms with E-state index in [2.05, 4.69) is 59.6 Å². The zero-order valence-electron chi connectivity index (χ0n) is 15.6. The number of aliphatic carboxylic acids is 1. The number of halogens is 4. The molecule has 0 spiro atoms. The first-order valence-electron chi connectivity index (χ1n) is 8.36. The number of benzene rings is 1. The van der Waals surface area contributed by atoms with E-state index < -0.39 is 12.1 Å². The fraction of sp³-hybridized carbons (Fsp3) is 0.263. The lowest BCUT2D eigenvalue weighted by atomic mass is 10.2. The summed E-state index contributed by atoms with van der Waals surface area (Å²) in [6.45, 7) is 1.60. The minimum atomic E-state index is -5.08. The van der Waals surface area contributed by atoms with Crippen molar-refractivity contribution in [2.45, 2.75) is 19.3 Å². The van der Waals surface area contributed by atoms with Gasteiger partial charge in [-0.25, -0.2) is 9.78 Å². The van der Waals surface area contributed by atoms with Crippen LogP contribution in [-0.2, 0) is 17.9 Å². The Morgan fingerprint density at radius 2 is 1.97 bits per heavy atom. The molecule has 29 heavy (non-hydrogen) atoms. The third-order valence-corrected chi connectivity index (χ3v) is 4.79. The minimum Gasteiger partial charge on any atom is -0.475 e. The second-order valence-corrected chi connectivity index (χ2v) is 7.64. The van der Waals surface area contributed by atoms with Crippen molar-refractivity contribution in [2.75, 3.05) is 19.4 Å². The van der Waals surface area contributed by atoms with Crippen LogP contribution in [0.1, 0.15) is 11.1 Å². The molecular weight excluding hydrogens is 427 g/mol. The van der Waals surface area contributed by atoms with E-state index in [1.807, 2.05) is 11.4 Å². The molecule has 0 bridgehead atoms. The highest BCUT2D eigenvalue weighted by Crippen LogP contribution is 2.25. The van der Waals surface area contributed by atoms with Crippen LogP contribution >= 0.6 is 22.9 Å². The van der Waals surface area contributed by atoms with E-state index in [-0.39, 0.29) is 0 Å². The quantitative estimate of drug-likeness (QED) is 0.525. The van der Waals surface area contributed by atoms with Crippen molar-refractivity contribution in [1.82, 2.24) is 9.88 Å². The Hall–Kier alpha value is -2.36. The molecule has 0 amide bonds. The maximum Gasteiger partial charge on any atom is 0.490 e. The highest BCUT2D eigenvalue weighted by molar-refractivity contribution is 7.17. The van der Waals surface area contributed by atoms with Crippen LogP contribution in [-0.4, -0.2) is 41.2 Å². The number of carboxylic acids is 1. The Balaban J connectivity index is 0.000000370. The average molecular weight is 446 g/mol. The summed E-state index contributed by atoms with van der Waals surface area (Å²) in [6.07, 6.45) is -5.08. The summed E-state index contributed by atoms with van der Waals surface area (Å²) in [5.41, 5.74) is 4.37. The Bertz CT molecular complexity index is 977. The van der Waals surface area contributed by atoms with Gasteiger partial charge in [0.1, 0.15) is 5.15 Å². The highest BCUT2D eigenvalue weighted by atomic mass is 35.5. The fourth-order valence-corrected chi connectivity index (χ4v) is 3.38. The van der Waals surface area contributed by atoms with Gasteiger partial charge in [-0.1, -0.05) is 23.7 Å². The number of carboxylic acid groups (broad SMARTS) is 1. The molecule has 3 aromatic rings. The number of hydrogen-bond donors (Lipinski definition) is 2. The summed E-state index contributed by atoms with van der Waals surface area (Å²) in [6, 6.07) is 12.6. The third-order valence-electron chi connectivity index (χ3n) is 3.61. The predicted molar refractivity (Wildman–Crippen MR) is 109 cm³/mol. The van der Waals surface area contributed by atoms with Crippen LogP contribution in [0.2, 0.25) is 5.15 Å². The van der Waals surface area contributed by atoms with Crippen molar-refractivity contribution in [3.63, 3.8) is 0 Å². The van der Waals surface area contributed by atoms with Crippen molar-refractivity contribution in [3.05, 3.63) is 58.1 Å². The molecule has 0 atom stereocenters. The number of thiophene rings is 1. The molecule has 2 N–H and O–H groups in total. The monoisotopic (exact) mass is 445 g/mol. The first-order valence-corrected chi connectivity index (χ1v) is 9.62. The minimum absolute atomic E-state index is 0.572. The summed E-state index contributed by atoms with van der Waals surface area (Å²) in [4.78, 5) is 15.5. The molecule has 3 rings (SSSR count). The van der Waals surface area contributed by atoms with E-state index in [0.29, 0.717) is 11.7 Å². The van der Waals surface area contributed by atoms with Crippen LogP contribution in [0.5, 0.6) is 0 Å². The van der Waals surface area contributed by atoms with Crippen LogP contribution in [0.3, 0.4) is 0 Å². The average Bonchev–Trinajstić information content (AvgIpc) is 3.06. The van der Waals surface area contributed by atoms with Gasteiger partial charge in [0.05, 0.1) is 10.2 Å². The van der Waals surface area contributed by atoms with Gasteiger partial charge in [-0.3, -0.25) is 0 Å². The van der Waals surface area contributed by atoms with E-state index in [1.165, 1.54) is 10.3 Å². The maximum absolute atomic E-state index is 10.6. The molecule has 10 heteroatoms. The van der Waals surface area contributed by atoms with Crippen LogP contribution < -0.4 is 5.32 Å². The van der Waals surface area contributed by atoms with Crippen LogP contribution in [0, 0.1) is 0 Å². The number of alkyl halides is 3. The maximum atomic E-state index is 10.6. The van der Waals surface area contributed by atoms with E-state index in [9.17, 15) is 13.2 Å². The van der Waals surface area contributed by atoms with Gasteiger partial charge in [0.25, 0.3) is 0 Å². The Kier molecular flexibility index (Phi) is 7.83. The molecule has 0 radical (unpaired) electrons. The first kappa shape index (κ1) is 22.9. The van der Waals surface area contributed by atoms with E-state index in [1.54, 1.807) is 11.3 Å². The van der Waals surface area contributed by atoms with Gasteiger partial charge in [0, 0.05) is 24.3 Å². The van der Waals surface area contributed by atoms with E-state index >= 15 is 0 Å². The molecule has 5 nitrogen and oxygen atoms in total. The second kappa shape index (κ2) is 9.91. The molecule has 0 aliphatic heterocycles. The molecule has 0 saturated carbocycles. The molecule has 0 saturated heterocycles. The highest BCUT2D eigenvalue weighted by Gasteiger charge is 2.38. The number of nitrogens with one attached hydrogen (secondary N) is 1. The van der Waals surface area contributed by atoms with Crippen LogP contribution in [0.4, 0.5) is 18.9 Å². The van der Waals surface area contributed by atoms with Gasteiger partial charge < -0.3 is 15.3 Å². The lowest BCUT2D eigenvalue weighted by Crippen LogP contribution is -2.21. The molecule has 0 aliphatic carbocycles. The van der Waals surface area contributed by atoms with Gasteiger partial charge in [-0.15, -0.1) is 11.3 Å². The number of carbonyl (C=O) groups is 1. The molecule has 156 valence electrons. The largest absolute Gasteiger partial charge is 0.490 e. The number of fused-ring (bicyclic) bond motifs is 1. The Morgan fingerprint density at radius 1 is 1.28 bits per heavy atom. The Morgan fingerprint density at radius 3 is 2.59 bits per heavy atom. The van der Waals surface area contributed by atoms with Crippen molar-refractivity contribution < 1.29 is 23.1 Å². The second-order valence-electron chi connectivity index (χ2n) is 6.34. The summed E-state index contributed by atoms with van der Waals surface area (Å²) in [5.74, 6) is -2.76. The van der Waals surface area contributed by atoms with Crippen molar-refractivity contribution >= 4 is 44.8 Å². The summed E-state index contributed by atoms with van der Waals surface area (Å²) >= 11 is 7.96. The van der Waals surface area contributed by atoms with Gasteiger partial charge in [-0.05, 0) is 49.3 Å². The molecular formula is C19H19ClF3N3O2S. The number of nitrogens with zero attached hydrogens (tertiary/aromatic N) is 2. The number of rotatable bonds is 5. The van der Waals surface area contributed by atoms with Crippen molar-refractivity contribution in [3.8, 4) is 0 Å². The van der Waals surface area contributed by atoms with Crippen LogP contribution in [0.15, 0.2) is 41.8 Å². The summed E-state index contributed by atoms with van der Waals surface area (Å²) in [5, 5.41) is 13.2. The SMILES string of the molecule is CN(C)Cc1cccc(NCc2cc3sccc3nc2Cl)c1.O=C(O)C(F)(F)F. The van der Waals surface area contributed by atoms with Gasteiger partial charge >= 0.3 is 12.1 Å². The smallest absolute Gasteiger partial charge is 0.475 e. The normalized spacial score (nSPS) is 11.3. The van der Waals surface area contributed by atoms with Crippen molar-refractivity contribution in [1.29, 1.82) is 0 Å².